The van der Waals surface area contributed by atoms with E-state index in [-0.39, 0.29) is 6.16 Å². The highest BCUT2D eigenvalue weighted by molar-refractivity contribution is 7.39. The number of hydrogen-bond donors (Lipinski definition) is 0. The summed E-state index contributed by atoms with van der Waals surface area (Å²) in [5, 5.41) is 0. The fourth-order valence-electron chi connectivity index (χ4n) is 0.956. The predicted octanol–water partition coefficient (Wildman–Crippen LogP) is 3.70. The van der Waals surface area contributed by atoms with Gasteiger partial charge >= 0.3 is 5.92 Å². The van der Waals surface area contributed by atoms with Crippen LogP contribution >= 0.6 is 8.58 Å². The first-order valence-electron chi connectivity index (χ1n) is 3.87. The minimum atomic E-state index is -4.05. The van der Waals surface area contributed by atoms with Crippen LogP contribution in [0.5, 0.6) is 0 Å². The Labute approximate surface area is 76.9 Å². The van der Waals surface area contributed by atoms with Gasteiger partial charge in [0.15, 0.2) is 0 Å². The van der Waals surface area contributed by atoms with Crippen LogP contribution in [0.25, 0.3) is 0 Å². The molecule has 1 rings (SSSR count). The van der Waals surface area contributed by atoms with E-state index in [1.165, 1.54) is 0 Å². The monoisotopic (exact) mass is 205 g/mol. The van der Waals surface area contributed by atoms with Gasteiger partial charge in [0.25, 0.3) is 0 Å². The van der Waals surface area contributed by atoms with E-state index in [0.29, 0.717) is 6.42 Å². The molecule has 0 nitrogen and oxygen atoms in total. The fourth-order valence-corrected chi connectivity index (χ4v) is 1.58. The van der Waals surface area contributed by atoms with Crippen LogP contribution in [0, 0.1) is 0 Å². The lowest BCUT2D eigenvalue weighted by Crippen LogP contribution is -1.99. The van der Waals surface area contributed by atoms with E-state index in [9.17, 15) is 13.2 Å². The highest BCUT2D eigenvalue weighted by Crippen LogP contribution is 2.36. The van der Waals surface area contributed by atoms with Crippen molar-refractivity contribution in [3.05, 3.63) is 35.9 Å². The summed E-state index contributed by atoms with van der Waals surface area (Å²) in [7, 11) is -0.452. The molecule has 0 spiro atoms. The van der Waals surface area contributed by atoms with Gasteiger partial charge < -0.3 is 0 Å². The molecule has 71 valence electrons. The highest BCUT2D eigenvalue weighted by atomic mass is 31.1. The van der Waals surface area contributed by atoms with Crippen LogP contribution in [-0.4, -0.2) is 12.1 Å². The van der Waals surface area contributed by atoms with Crippen molar-refractivity contribution in [2.75, 3.05) is 6.16 Å². The summed E-state index contributed by atoms with van der Waals surface area (Å²) < 4.78 is 35.2. The zero-order valence-corrected chi connectivity index (χ0v) is 7.78. The molecule has 0 saturated heterocycles. The second-order valence-electron chi connectivity index (χ2n) is 2.59. The maximum atomic E-state index is 11.7. The summed E-state index contributed by atoms with van der Waals surface area (Å²) in [5.41, 5.74) is 0.958. The number of hydrogen-bond acceptors (Lipinski definition) is 0. The number of benzene rings is 1. The molecule has 0 bridgehead atoms. The van der Waals surface area contributed by atoms with Gasteiger partial charge in [0.2, 0.25) is 0 Å². The van der Waals surface area contributed by atoms with Gasteiger partial charge in [-0.2, -0.15) is 13.2 Å². The Hall–Kier alpha value is -0.560. The first-order chi connectivity index (χ1) is 6.08. The first-order valence-corrected chi connectivity index (χ1v) is 4.95. The van der Waals surface area contributed by atoms with Crippen molar-refractivity contribution in [2.45, 2.75) is 12.3 Å². The summed E-state index contributed by atoms with van der Waals surface area (Å²) in [4.78, 5) is 0. The molecule has 0 aliphatic carbocycles. The van der Waals surface area contributed by atoms with E-state index in [2.05, 4.69) is 0 Å². The molecular formula is C9H9F3P. The molecule has 1 aromatic carbocycles. The van der Waals surface area contributed by atoms with Crippen LogP contribution in [0.4, 0.5) is 13.2 Å². The Balaban J connectivity index is 2.29. The molecule has 0 amide bonds. The maximum Gasteiger partial charge on any atom is 0.409 e. The van der Waals surface area contributed by atoms with E-state index in [0.717, 1.165) is 5.56 Å². The van der Waals surface area contributed by atoms with Gasteiger partial charge in [-0.05, 0) is 18.1 Å². The Morgan fingerprint density at radius 3 is 2.23 bits per heavy atom. The van der Waals surface area contributed by atoms with Gasteiger partial charge in [-0.3, -0.25) is 0 Å². The van der Waals surface area contributed by atoms with Gasteiger partial charge in [-0.1, -0.05) is 30.3 Å². The summed E-state index contributed by atoms with van der Waals surface area (Å²) in [5.74, 6) is -4.05. The molecule has 0 unspecified atom stereocenters. The Kier molecular flexibility index (Phi) is 3.73. The zero-order chi connectivity index (χ0) is 9.73. The summed E-state index contributed by atoms with van der Waals surface area (Å²) in [6, 6.07) is 9.20. The van der Waals surface area contributed by atoms with E-state index >= 15 is 0 Å². The van der Waals surface area contributed by atoms with Crippen molar-refractivity contribution in [3.63, 3.8) is 0 Å². The molecule has 0 fully saturated rings. The quantitative estimate of drug-likeness (QED) is 0.660. The normalized spacial score (nSPS) is 12.5. The molecule has 1 radical (unpaired) electrons. The lowest BCUT2D eigenvalue weighted by atomic mass is 10.2. The molecule has 0 N–H and O–H groups in total. The van der Waals surface area contributed by atoms with Crippen LogP contribution in [-0.2, 0) is 6.42 Å². The number of aryl methyl sites for hydroxylation is 1. The van der Waals surface area contributed by atoms with Crippen molar-refractivity contribution in [3.8, 4) is 0 Å². The number of rotatable bonds is 3. The molecular weight excluding hydrogens is 196 g/mol. The standard InChI is InChI=1S/C9H9F3P/c10-9(11,12)13-7-6-8-4-2-1-3-5-8/h1-5H,6-7H2. The molecule has 1 aromatic rings. The third kappa shape index (κ3) is 4.89. The van der Waals surface area contributed by atoms with E-state index < -0.39 is 14.5 Å². The van der Waals surface area contributed by atoms with E-state index in [1.54, 1.807) is 0 Å². The summed E-state index contributed by atoms with van der Waals surface area (Å²) in [6.45, 7) is 0. The van der Waals surface area contributed by atoms with Crippen LogP contribution in [0.1, 0.15) is 5.56 Å². The van der Waals surface area contributed by atoms with E-state index in [1.807, 2.05) is 30.3 Å². The van der Waals surface area contributed by atoms with Crippen LogP contribution in [0.3, 0.4) is 0 Å². The van der Waals surface area contributed by atoms with Crippen LogP contribution in [0.2, 0.25) is 0 Å². The zero-order valence-electron chi connectivity index (χ0n) is 6.88. The number of alkyl halides is 3. The van der Waals surface area contributed by atoms with Crippen molar-refractivity contribution < 1.29 is 13.2 Å². The van der Waals surface area contributed by atoms with Gasteiger partial charge in [0, 0.05) is 8.58 Å². The molecule has 0 atom stereocenters. The van der Waals surface area contributed by atoms with Crippen molar-refractivity contribution in [1.82, 2.24) is 0 Å². The summed E-state index contributed by atoms with van der Waals surface area (Å²) in [6.07, 6.45) is 0.634. The fraction of sp³-hybridized carbons (Fsp3) is 0.333. The SMILES string of the molecule is FC(F)(F)[P]CCc1ccccc1. The molecule has 0 saturated carbocycles. The lowest BCUT2D eigenvalue weighted by Gasteiger charge is -2.04. The minimum absolute atomic E-state index is 0.146. The lowest BCUT2D eigenvalue weighted by molar-refractivity contribution is -0.0370. The average molecular weight is 205 g/mol. The summed E-state index contributed by atoms with van der Waals surface area (Å²) >= 11 is 0. The van der Waals surface area contributed by atoms with E-state index in [4.69, 9.17) is 0 Å². The minimum Gasteiger partial charge on any atom is -0.167 e. The average Bonchev–Trinajstić information content (AvgIpc) is 2.04. The van der Waals surface area contributed by atoms with Crippen molar-refractivity contribution in [1.29, 1.82) is 0 Å². The van der Waals surface area contributed by atoms with Gasteiger partial charge in [-0.15, -0.1) is 0 Å². The molecule has 13 heavy (non-hydrogen) atoms. The van der Waals surface area contributed by atoms with Crippen molar-refractivity contribution in [2.24, 2.45) is 0 Å². The largest absolute Gasteiger partial charge is 0.409 e. The smallest absolute Gasteiger partial charge is 0.167 e. The second-order valence-corrected chi connectivity index (χ2v) is 3.86. The van der Waals surface area contributed by atoms with Crippen LogP contribution in [0.15, 0.2) is 30.3 Å². The Morgan fingerprint density at radius 2 is 1.69 bits per heavy atom. The second kappa shape index (κ2) is 4.61. The highest BCUT2D eigenvalue weighted by Gasteiger charge is 2.26. The van der Waals surface area contributed by atoms with Gasteiger partial charge in [0.05, 0.1) is 0 Å². The molecule has 0 aliphatic heterocycles. The van der Waals surface area contributed by atoms with Crippen molar-refractivity contribution >= 4 is 8.58 Å². The first kappa shape index (κ1) is 10.5. The molecule has 0 aliphatic rings. The Morgan fingerprint density at radius 1 is 1.08 bits per heavy atom. The Bertz CT molecular complexity index is 243. The molecule has 0 aromatic heterocycles. The topological polar surface area (TPSA) is 0 Å². The predicted molar refractivity (Wildman–Crippen MR) is 48.0 cm³/mol. The molecule has 0 heterocycles. The van der Waals surface area contributed by atoms with Gasteiger partial charge in [0.1, 0.15) is 0 Å². The third-order valence-corrected chi connectivity index (χ3v) is 2.34. The number of halogens is 3. The van der Waals surface area contributed by atoms with Gasteiger partial charge in [-0.25, -0.2) is 0 Å². The van der Waals surface area contributed by atoms with Crippen LogP contribution < -0.4 is 0 Å². The maximum absolute atomic E-state index is 11.7. The molecule has 4 heteroatoms. The third-order valence-electron chi connectivity index (χ3n) is 1.53.